The largest absolute Gasteiger partial charge is 0.290 e. The molecule has 0 bridgehead atoms. The van der Waals surface area contributed by atoms with Crippen molar-refractivity contribution in [3.05, 3.63) is 114 Å². The van der Waals surface area contributed by atoms with E-state index in [-0.39, 0.29) is 17.0 Å². The molecule has 1 atom stereocenters. The molecule has 0 aliphatic heterocycles. The van der Waals surface area contributed by atoms with Gasteiger partial charge in [0.1, 0.15) is 0 Å². The highest BCUT2D eigenvalue weighted by molar-refractivity contribution is 5.49. The van der Waals surface area contributed by atoms with E-state index in [9.17, 15) is 0 Å². The zero-order valence-electron chi connectivity index (χ0n) is 24.0. The van der Waals surface area contributed by atoms with Gasteiger partial charge in [-0.2, -0.15) is 0 Å². The molecule has 3 aromatic carbocycles. The fraction of sp³-hybridized carbons (Fsp3) is 0.424. The Labute approximate surface area is 228 Å². The third kappa shape index (κ3) is 6.05. The first kappa shape index (κ1) is 27.7. The van der Waals surface area contributed by atoms with Crippen LogP contribution in [0.4, 0.5) is 0 Å². The lowest BCUT2D eigenvalue weighted by Crippen LogP contribution is -2.48. The quantitative estimate of drug-likeness (QED) is 0.225. The van der Waals surface area contributed by atoms with E-state index in [0.717, 1.165) is 18.7 Å². The van der Waals surface area contributed by atoms with E-state index in [1.165, 1.54) is 16.7 Å². The molecular formula is C33H43N5. The zero-order chi connectivity index (χ0) is 27.4. The first-order chi connectivity index (χ1) is 18.0. The molecule has 0 spiro atoms. The molecule has 5 nitrogen and oxygen atoms in total. The minimum absolute atomic E-state index is 0.0927. The van der Waals surface area contributed by atoms with Crippen molar-refractivity contribution in [2.45, 2.75) is 78.4 Å². The Morgan fingerprint density at radius 3 is 1.55 bits per heavy atom. The third-order valence-electron chi connectivity index (χ3n) is 7.06. The molecule has 0 saturated carbocycles. The van der Waals surface area contributed by atoms with Gasteiger partial charge in [-0.15, -0.1) is 5.10 Å². The second-order valence-electron chi connectivity index (χ2n) is 12.7. The number of rotatable bonds is 10. The molecule has 0 aliphatic carbocycles. The average Bonchev–Trinajstić information content (AvgIpc) is 3.38. The van der Waals surface area contributed by atoms with E-state index in [2.05, 4.69) is 165 Å². The van der Waals surface area contributed by atoms with Crippen LogP contribution in [0.25, 0.3) is 0 Å². The fourth-order valence-electron chi connectivity index (χ4n) is 5.99. The van der Waals surface area contributed by atoms with E-state index in [4.69, 9.17) is 0 Å². The lowest BCUT2D eigenvalue weighted by molar-refractivity contribution is 0.182. The van der Waals surface area contributed by atoms with Gasteiger partial charge >= 0.3 is 0 Å². The maximum absolute atomic E-state index is 4.67. The summed E-state index contributed by atoms with van der Waals surface area (Å²) in [6.07, 6.45) is 1.84. The summed E-state index contributed by atoms with van der Waals surface area (Å²) in [7, 11) is 0. The monoisotopic (exact) mass is 509 g/mol. The molecule has 0 aliphatic rings. The number of nitrogens with one attached hydrogen (secondary N) is 1. The molecular weight excluding hydrogens is 466 g/mol. The van der Waals surface area contributed by atoms with Gasteiger partial charge in [-0.05, 0) is 65.1 Å². The van der Waals surface area contributed by atoms with Crippen LogP contribution in [0.1, 0.15) is 89.9 Å². The Bertz CT molecular complexity index is 1170. The second-order valence-corrected chi connectivity index (χ2v) is 12.7. The van der Waals surface area contributed by atoms with Crippen molar-refractivity contribution in [1.29, 1.82) is 0 Å². The molecule has 0 saturated heterocycles. The highest BCUT2D eigenvalue weighted by atomic mass is 15.6. The van der Waals surface area contributed by atoms with Crippen molar-refractivity contribution < 1.29 is 0 Å². The molecule has 4 rings (SSSR count). The van der Waals surface area contributed by atoms with Gasteiger partial charge in [-0.1, -0.05) is 126 Å². The molecule has 5 heteroatoms. The molecule has 0 radical (unpaired) electrons. The van der Waals surface area contributed by atoms with Crippen LogP contribution in [0.2, 0.25) is 0 Å². The number of hydrogen-bond acceptors (Lipinski definition) is 4. The summed E-state index contributed by atoms with van der Waals surface area (Å²) in [5.74, 6) is 1.31. The SMILES string of the molecule is CC(C)CC(NC(c1ccccc1)(c1ccccc1)c1ccccc1)c1nnnn1C(C)(C)CC(C)(C)C. The number of benzene rings is 3. The Morgan fingerprint density at radius 1 is 0.711 bits per heavy atom. The fourth-order valence-corrected chi connectivity index (χ4v) is 5.99. The van der Waals surface area contributed by atoms with Gasteiger partial charge in [0, 0.05) is 0 Å². The van der Waals surface area contributed by atoms with Gasteiger partial charge in [0.05, 0.1) is 17.1 Å². The molecule has 1 aromatic heterocycles. The van der Waals surface area contributed by atoms with E-state index in [1.54, 1.807) is 0 Å². The Morgan fingerprint density at radius 2 is 1.16 bits per heavy atom. The van der Waals surface area contributed by atoms with E-state index in [1.807, 2.05) is 0 Å². The van der Waals surface area contributed by atoms with Crippen molar-refractivity contribution in [3.63, 3.8) is 0 Å². The summed E-state index contributed by atoms with van der Waals surface area (Å²) in [5.41, 5.74) is 2.82. The molecule has 1 unspecified atom stereocenters. The summed E-state index contributed by atoms with van der Waals surface area (Å²) in [6.45, 7) is 15.8. The number of aromatic nitrogens is 4. The van der Waals surface area contributed by atoms with Crippen LogP contribution in [0.5, 0.6) is 0 Å². The van der Waals surface area contributed by atoms with Crippen LogP contribution < -0.4 is 5.32 Å². The summed E-state index contributed by atoms with van der Waals surface area (Å²) in [6, 6.07) is 32.1. The Kier molecular flexibility index (Phi) is 8.17. The molecule has 0 amide bonds. The first-order valence-corrected chi connectivity index (χ1v) is 13.8. The lowest BCUT2D eigenvalue weighted by Gasteiger charge is -2.41. The topological polar surface area (TPSA) is 55.6 Å². The maximum atomic E-state index is 4.67. The Hall–Kier alpha value is -3.31. The van der Waals surface area contributed by atoms with Crippen molar-refractivity contribution >= 4 is 0 Å². The van der Waals surface area contributed by atoms with Gasteiger partial charge in [-0.25, -0.2) is 4.68 Å². The van der Waals surface area contributed by atoms with Crippen molar-refractivity contribution in [2.24, 2.45) is 11.3 Å². The van der Waals surface area contributed by atoms with Crippen LogP contribution in [-0.2, 0) is 11.1 Å². The maximum Gasteiger partial charge on any atom is 0.168 e. The minimum atomic E-state index is -0.603. The predicted octanol–water partition coefficient (Wildman–Crippen LogP) is 7.51. The summed E-state index contributed by atoms with van der Waals surface area (Å²) < 4.78 is 2.06. The van der Waals surface area contributed by atoms with Crippen molar-refractivity contribution in [3.8, 4) is 0 Å². The van der Waals surface area contributed by atoms with Crippen LogP contribution in [0, 0.1) is 11.3 Å². The molecule has 0 fully saturated rings. The standard InChI is InChI=1S/C33H43N5/c1-25(2)23-29(30-35-36-37-38(30)32(6,7)24-31(3,4)5)34-33(26-17-11-8-12-18-26,27-19-13-9-14-20-27)28-21-15-10-16-22-28/h8-22,25,29,34H,23-24H2,1-7H3. The smallest absolute Gasteiger partial charge is 0.168 e. The lowest BCUT2D eigenvalue weighted by atomic mass is 9.76. The summed E-state index contributed by atoms with van der Waals surface area (Å²) >= 11 is 0. The molecule has 1 heterocycles. The number of hydrogen-bond donors (Lipinski definition) is 1. The average molecular weight is 510 g/mol. The number of tetrazole rings is 1. The zero-order valence-corrected chi connectivity index (χ0v) is 24.0. The normalized spacial score (nSPS) is 13.6. The minimum Gasteiger partial charge on any atom is -0.290 e. The van der Waals surface area contributed by atoms with E-state index < -0.39 is 5.54 Å². The van der Waals surface area contributed by atoms with E-state index >= 15 is 0 Å². The summed E-state index contributed by atoms with van der Waals surface area (Å²) in [4.78, 5) is 0. The molecule has 200 valence electrons. The second kappa shape index (κ2) is 11.2. The van der Waals surface area contributed by atoms with E-state index in [0.29, 0.717) is 5.92 Å². The Balaban J connectivity index is 1.93. The summed E-state index contributed by atoms with van der Waals surface area (Å²) in [5, 5.41) is 17.6. The van der Waals surface area contributed by atoms with Crippen LogP contribution >= 0.6 is 0 Å². The van der Waals surface area contributed by atoms with Gasteiger partial charge < -0.3 is 0 Å². The van der Waals surface area contributed by atoms with Gasteiger partial charge in [0.2, 0.25) is 0 Å². The highest BCUT2D eigenvalue weighted by Gasteiger charge is 2.41. The molecule has 1 N–H and O–H groups in total. The predicted molar refractivity (Wildman–Crippen MR) is 156 cm³/mol. The molecule has 38 heavy (non-hydrogen) atoms. The highest BCUT2D eigenvalue weighted by Crippen LogP contribution is 2.41. The van der Waals surface area contributed by atoms with Crippen LogP contribution in [0.15, 0.2) is 91.0 Å². The van der Waals surface area contributed by atoms with Crippen molar-refractivity contribution in [2.75, 3.05) is 0 Å². The first-order valence-electron chi connectivity index (χ1n) is 13.8. The van der Waals surface area contributed by atoms with Gasteiger partial charge in [0.25, 0.3) is 0 Å². The van der Waals surface area contributed by atoms with Gasteiger partial charge in [-0.3, -0.25) is 5.32 Å². The van der Waals surface area contributed by atoms with Crippen LogP contribution in [0.3, 0.4) is 0 Å². The molecule has 4 aromatic rings. The van der Waals surface area contributed by atoms with Crippen LogP contribution in [-0.4, -0.2) is 20.2 Å². The van der Waals surface area contributed by atoms with Gasteiger partial charge in [0.15, 0.2) is 5.82 Å². The third-order valence-corrected chi connectivity index (χ3v) is 7.06. The number of nitrogens with zero attached hydrogens (tertiary/aromatic N) is 4. The van der Waals surface area contributed by atoms with Crippen molar-refractivity contribution in [1.82, 2.24) is 25.5 Å².